The maximum atomic E-state index is 13.5. The van der Waals surface area contributed by atoms with Gasteiger partial charge in [-0.3, -0.25) is 0 Å². The second-order valence-corrected chi connectivity index (χ2v) is 31.3. The molecule has 20 nitrogen and oxygen atoms in total. The molecule has 0 aromatic heterocycles. The normalized spacial score (nSPS) is 15.3. The van der Waals surface area contributed by atoms with Crippen LogP contribution in [0.5, 0.6) is 34.5 Å². The third-order valence-electron chi connectivity index (χ3n) is 17.5. The predicted molar refractivity (Wildman–Crippen MR) is 384 cm³/mol. The largest absolute Gasteiger partial charge is 0.500 e. The van der Waals surface area contributed by atoms with Crippen molar-refractivity contribution < 1.29 is 83.5 Å². The highest BCUT2D eigenvalue weighted by Crippen LogP contribution is 2.37. The van der Waals surface area contributed by atoms with E-state index in [9.17, 15) is 9.59 Å². The van der Waals surface area contributed by atoms with Crippen molar-refractivity contribution in [3.05, 3.63) is 179 Å². The van der Waals surface area contributed by atoms with Crippen molar-refractivity contribution in [3.8, 4) is 34.5 Å². The van der Waals surface area contributed by atoms with Gasteiger partial charge in [0.05, 0.1) is 13.2 Å². The molecule has 0 bridgehead atoms. The first-order valence-electron chi connectivity index (χ1n) is 35.1. The molecular weight excluding hydrogens is 1300 g/mol. The number of epoxide rings is 2. The topological polar surface area (TPSA) is 212 Å². The number of benzene rings is 6. The Kier molecular flexibility index (Phi) is 29.7. The second-order valence-electron chi connectivity index (χ2n) is 25.9. The molecule has 99 heavy (non-hydrogen) atoms. The summed E-state index contributed by atoms with van der Waals surface area (Å²) < 4.78 is 95.8. The van der Waals surface area contributed by atoms with Gasteiger partial charge in [-0.15, -0.1) is 0 Å². The molecule has 2 N–H and O–H groups in total. The SMILES string of the molecule is CCO[Si](CCCNC(=O)OC(COc1ccc(C(C)(C)c2ccc(OCC3CO3)cc2)cc1)COc1ccc(C(C)(C)c2ccc(OCC(COc3ccc(C(C)(C)c4ccc(OCC5CO5)cc4)cc3)OC(=O)NCCC[Si](OCC)(OCC)OCC)cc2)cc1)(OCC)OCC. The van der Waals surface area contributed by atoms with E-state index < -0.39 is 47.4 Å². The Hall–Kier alpha value is -7.23. The molecule has 2 aliphatic rings. The fourth-order valence-corrected chi connectivity index (χ4v) is 16.6. The molecule has 4 atom stereocenters. The summed E-state index contributed by atoms with van der Waals surface area (Å²) in [7, 11) is -5.80. The molecule has 2 amide bonds. The van der Waals surface area contributed by atoms with E-state index in [1.807, 2.05) is 139 Å². The zero-order valence-corrected chi connectivity index (χ0v) is 62.2. The smallest absolute Gasteiger partial charge is 0.491 e. The van der Waals surface area contributed by atoms with Crippen LogP contribution in [-0.2, 0) is 61.7 Å². The van der Waals surface area contributed by atoms with Gasteiger partial charge < -0.3 is 84.6 Å². The van der Waals surface area contributed by atoms with Crippen LogP contribution in [0.15, 0.2) is 146 Å². The lowest BCUT2D eigenvalue weighted by Crippen LogP contribution is -2.46. The molecule has 0 radical (unpaired) electrons. The first-order valence-corrected chi connectivity index (χ1v) is 39.0. The van der Waals surface area contributed by atoms with E-state index in [0.29, 0.717) is 114 Å². The summed E-state index contributed by atoms with van der Waals surface area (Å²) in [6.45, 7) is 30.7. The minimum absolute atomic E-state index is 0.0186. The number of amides is 2. The molecule has 540 valence electrons. The van der Waals surface area contributed by atoms with Gasteiger partial charge in [-0.1, -0.05) is 114 Å². The summed E-state index contributed by atoms with van der Waals surface area (Å²) >= 11 is 0. The molecule has 6 aromatic carbocycles. The van der Waals surface area contributed by atoms with E-state index in [-0.39, 0.29) is 49.5 Å². The quantitative estimate of drug-likeness (QED) is 0.0207. The van der Waals surface area contributed by atoms with Crippen LogP contribution < -0.4 is 39.1 Å². The molecule has 0 saturated carbocycles. The average molecular weight is 1400 g/mol. The molecule has 2 saturated heterocycles. The molecule has 2 aliphatic heterocycles. The molecule has 0 spiro atoms. The first kappa shape index (κ1) is 77.5. The van der Waals surface area contributed by atoms with E-state index >= 15 is 0 Å². The highest BCUT2D eigenvalue weighted by molar-refractivity contribution is 6.61. The summed E-state index contributed by atoms with van der Waals surface area (Å²) in [6, 6.07) is 49.2. The van der Waals surface area contributed by atoms with Crippen molar-refractivity contribution in [1.82, 2.24) is 10.6 Å². The minimum Gasteiger partial charge on any atom is -0.491 e. The third kappa shape index (κ3) is 24.0. The number of nitrogens with one attached hydrogen (secondary N) is 2. The van der Waals surface area contributed by atoms with Crippen LogP contribution in [0.4, 0.5) is 9.59 Å². The fourth-order valence-electron chi connectivity index (χ4n) is 11.4. The van der Waals surface area contributed by atoms with E-state index in [4.69, 9.17) is 73.9 Å². The lowest BCUT2D eigenvalue weighted by atomic mass is 9.78. The van der Waals surface area contributed by atoms with E-state index in [1.54, 1.807) is 0 Å². The Bertz CT molecular complexity index is 3080. The molecular formula is C77H106N2O18Si2. The van der Waals surface area contributed by atoms with Crippen molar-refractivity contribution in [2.75, 3.05) is 106 Å². The van der Waals surface area contributed by atoms with Gasteiger partial charge in [0.2, 0.25) is 0 Å². The van der Waals surface area contributed by atoms with Crippen molar-refractivity contribution in [3.63, 3.8) is 0 Å². The Labute approximate surface area is 588 Å². The van der Waals surface area contributed by atoms with Crippen LogP contribution in [0.2, 0.25) is 12.1 Å². The number of alkyl carbamates (subject to hydrolysis) is 2. The summed E-state index contributed by atoms with van der Waals surface area (Å²) in [5.41, 5.74) is 5.51. The summed E-state index contributed by atoms with van der Waals surface area (Å²) in [6.07, 6.45) is -1.27. The van der Waals surface area contributed by atoms with Crippen LogP contribution in [0, 0.1) is 0 Å². The molecule has 8 rings (SSSR count). The molecule has 6 aromatic rings. The Morgan fingerprint density at radius 1 is 0.374 bits per heavy atom. The molecule has 2 heterocycles. The maximum absolute atomic E-state index is 13.5. The van der Waals surface area contributed by atoms with Crippen molar-refractivity contribution in [2.45, 2.75) is 149 Å². The Balaban J connectivity index is 0.881. The van der Waals surface area contributed by atoms with Crippen LogP contribution in [0.1, 0.15) is 129 Å². The van der Waals surface area contributed by atoms with Gasteiger partial charge in [0.15, 0.2) is 12.2 Å². The standard InChI is InChI=1S/C77H106N2O18Si2/c1-13-90-98(91-14-2,92-15-3)47-19-45-78-73(80)96-71(53-84-65-37-25-59(26-38-65)75(7,8)57-21-33-63(34-22-57)82-49-69-51-88-69)55-86-67-41-29-61(30-42-67)77(11,12)62-31-43-68(44-32-62)87-56-72(97-74(81)79-46-20-48-99(93-16-4,94-17-5)95-18-6)54-85-66-39-27-60(28-40-66)76(9,10)58-23-35-64(36-24-58)83-50-70-52-89-70/h21-44,69-72H,13-20,45-56H2,1-12H3,(H,78,80)(H,79,81). The van der Waals surface area contributed by atoms with Gasteiger partial charge >= 0.3 is 29.8 Å². The molecule has 4 unspecified atom stereocenters. The van der Waals surface area contributed by atoms with E-state index in [2.05, 4.69) is 101 Å². The Morgan fingerprint density at radius 2 is 0.586 bits per heavy atom. The van der Waals surface area contributed by atoms with Gasteiger partial charge in [-0.2, -0.15) is 0 Å². The minimum atomic E-state index is -2.90. The van der Waals surface area contributed by atoms with Gasteiger partial charge in [-0.25, -0.2) is 9.59 Å². The number of hydrogen-bond donors (Lipinski definition) is 2. The average Bonchev–Trinajstić information content (AvgIpc) is 1.25. The lowest BCUT2D eigenvalue weighted by Gasteiger charge is -2.28. The Morgan fingerprint density at radius 3 is 0.788 bits per heavy atom. The zero-order chi connectivity index (χ0) is 70.7. The first-order chi connectivity index (χ1) is 47.7. The van der Waals surface area contributed by atoms with Crippen LogP contribution in [0.3, 0.4) is 0 Å². The van der Waals surface area contributed by atoms with Crippen molar-refractivity contribution >= 4 is 29.8 Å². The lowest BCUT2D eigenvalue weighted by molar-refractivity contribution is 0.0352. The number of ether oxygens (including phenoxy) is 10. The number of carbonyl (C=O) groups is 2. The van der Waals surface area contributed by atoms with Gasteiger partial charge in [0.1, 0.15) is 86.3 Å². The van der Waals surface area contributed by atoms with Crippen molar-refractivity contribution in [2.24, 2.45) is 0 Å². The summed E-state index contributed by atoms with van der Waals surface area (Å²) in [5.74, 6) is 4.04. The summed E-state index contributed by atoms with van der Waals surface area (Å²) in [4.78, 5) is 26.9. The van der Waals surface area contributed by atoms with Gasteiger partial charge in [0, 0.05) is 81.1 Å². The second kappa shape index (κ2) is 38.0. The monoisotopic (exact) mass is 1400 g/mol. The number of carbonyl (C=O) groups excluding carboxylic acids is 2. The van der Waals surface area contributed by atoms with Crippen LogP contribution in [0.25, 0.3) is 0 Å². The van der Waals surface area contributed by atoms with Crippen molar-refractivity contribution in [1.29, 1.82) is 0 Å². The maximum Gasteiger partial charge on any atom is 0.500 e. The highest BCUT2D eigenvalue weighted by Gasteiger charge is 2.41. The zero-order valence-electron chi connectivity index (χ0n) is 60.2. The third-order valence-corrected chi connectivity index (χ3v) is 23.8. The van der Waals surface area contributed by atoms with Crippen LogP contribution >= 0.6 is 0 Å². The molecule has 0 aliphatic carbocycles. The number of rotatable bonds is 46. The van der Waals surface area contributed by atoms with Crippen LogP contribution in [-0.4, -0.2) is 160 Å². The van der Waals surface area contributed by atoms with Gasteiger partial charge in [-0.05, 0) is 161 Å². The van der Waals surface area contributed by atoms with E-state index in [0.717, 1.165) is 58.1 Å². The van der Waals surface area contributed by atoms with E-state index in [1.165, 1.54) is 0 Å². The van der Waals surface area contributed by atoms with Gasteiger partial charge in [0.25, 0.3) is 0 Å². The molecule has 2 fully saturated rings. The summed E-state index contributed by atoms with van der Waals surface area (Å²) in [5, 5.41) is 5.79. The predicted octanol–water partition coefficient (Wildman–Crippen LogP) is 14.2. The highest BCUT2D eigenvalue weighted by atomic mass is 28.4. The fraction of sp³-hybridized carbons (Fsp3) is 0.506. The molecule has 22 heteroatoms. The number of hydrogen-bond acceptors (Lipinski definition) is 18.